The fourth-order valence-corrected chi connectivity index (χ4v) is 3.48. The van der Waals surface area contributed by atoms with Crippen LogP contribution in [0.3, 0.4) is 0 Å². The van der Waals surface area contributed by atoms with Gasteiger partial charge in [0, 0.05) is 0 Å². The van der Waals surface area contributed by atoms with E-state index in [0.29, 0.717) is 45.2 Å². The van der Waals surface area contributed by atoms with Gasteiger partial charge in [-0.25, -0.2) is 9.18 Å². The summed E-state index contributed by atoms with van der Waals surface area (Å²) in [6.45, 7) is 1.84. The molecule has 0 unspecified atom stereocenters. The van der Waals surface area contributed by atoms with Gasteiger partial charge in [0.1, 0.15) is 5.82 Å². The number of rotatable bonds is 3. The number of primary amides is 1. The number of amides is 2. The van der Waals surface area contributed by atoms with Gasteiger partial charge < -0.3 is 16.0 Å². The first-order chi connectivity index (χ1) is 15.1. The van der Waals surface area contributed by atoms with Gasteiger partial charge in [0.2, 0.25) is 0 Å². The standard InChI is InChI=1S/C22H16F4N4O2/c1-11-2-8-15(18-19(11)32-29-20(18)27)12-3-6-14(7-4-12)30(21(28)31)17-10-13(22(24,25)26)5-9-16(17)23/h2-10H,1H3,(H2,27,29)(H2,28,31). The summed E-state index contributed by atoms with van der Waals surface area (Å²) in [5, 5.41) is 4.39. The number of hydrogen-bond acceptors (Lipinski definition) is 4. The molecule has 3 aromatic carbocycles. The van der Waals surface area contributed by atoms with Crippen molar-refractivity contribution >= 4 is 34.2 Å². The molecule has 6 nitrogen and oxygen atoms in total. The van der Waals surface area contributed by atoms with Gasteiger partial charge in [0.25, 0.3) is 0 Å². The number of halogens is 4. The summed E-state index contributed by atoms with van der Waals surface area (Å²) in [5.74, 6) is -0.828. The SMILES string of the molecule is Cc1ccc(-c2ccc(N(C(N)=O)c3cc(C(F)(F)F)ccc3F)cc2)c2c(N)noc12. The molecule has 0 aliphatic heterocycles. The average Bonchev–Trinajstić information content (AvgIpc) is 3.12. The van der Waals surface area contributed by atoms with Crippen LogP contribution in [0.1, 0.15) is 11.1 Å². The molecular weight excluding hydrogens is 428 g/mol. The van der Waals surface area contributed by atoms with E-state index >= 15 is 0 Å². The minimum Gasteiger partial charge on any atom is -0.380 e. The van der Waals surface area contributed by atoms with Gasteiger partial charge in [-0.15, -0.1) is 0 Å². The van der Waals surface area contributed by atoms with Crippen molar-refractivity contribution in [2.24, 2.45) is 5.73 Å². The molecule has 164 valence electrons. The molecule has 0 aliphatic rings. The zero-order valence-corrected chi connectivity index (χ0v) is 16.6. The summed E-state index contributed by atoms with van der Waals surface area (Å²) in [7, 11) is 0. The highest BCUT2D eigenvalue weighted by molar-refractivity contribution is 6.03. The zero-order valence-electron chi connectivity index (χ0n) is 16.6. The summed E-state index contributed by atoms with van der Waals surface area (Å²) in [5.41, 5.74) is 12.4. The lowest BCUT2D eigenvalue weighted by Gasteiger charge is -2.22. The molecule has 0 saturated carbocycles. The molecule has 32 heavy (non-hydrogen) atoms. The monoisotopic (exact) mass is 444 g/mol. The number of urea groups is 1. The molecule has 4 aromatic rings. The molecule has 0 radical (unpaired) electrons. The number of aryl methyl sites for hydroxylation is 1. The van der Waals surface area contributed by atoms with Crippen LogP contribution >= 0.6 is 0 Å². The minimum absolute atomic E-state index is 0.0844. The number of alkyl halides is 3. The second-order valence-corrected chi connectivity index (χ2v) is 7.09. The van der Waals surface area contributed by atoms with Gasteiger partial charge in [-0.3, -0.25) is 4.90 Å². The van der Waals surface area contributed by atoms with E-state index in [9.17, 15) is 22.4 Å². The van der Waals surface area contributed by atoms with Crippen LogP contribution in [-0.2, 0) is 6.18 Å². The van der Waals surface area contributed by atoms with Crippen molar-refractivity contribution < 1.29 is 26.9 Å². The Bertz CT molecular complexity index is 1330. The van der Waals surface area contributed by atoms with Gasteiger partial charge in [-0.1, -0.05) is 29.4 Å². The van der Waals surface area contributed by atoms with Crippen LogP contribution in [0.2, 0.25) is 0 Å². The van der Waals surface area contributed by atoms with Gasteiger partial charge in [-0.2, -0.15) is 13.2 Å². The van der Waals surface area contributed by atoms with E-state index < -0.39 is 29.3 Å². The molecule has 10 heteroatoms. The molecule has 0 saturated heterocycles. The maximum Gasteiger partial charge on any atom is 0.416 e. The highest BCUT2D eigenvalue weighted by Gasteiger charge is 2.32. The Kier molecular flexibility index (Phi) is 5.00. The Labute approximate surface area is 179 Å². The van der Waals surface area contributed by atoms with Crippen molar-refractivity contribution in [3.8, 4) is 11.1 Å². The van der Waals surface area contributed by atoms with Gasteiger partial charge in [0.05, 0.1) is 22.3 Å². The highest BCUT2D eigenvalue weighted by atomic mass is 19.4. The Balaban J connectivity index is 1.79. The smallest absolute Gasteiger partial charge is 0.380 e. The van der Waals surface area contributed by atoms with Crippen LogP contribution in [-0.4, -0.2) is 11.2 Å². The maximum absolute atomic E-state index is 14.4. The summed E-state index contributed by atoms with van der Waals surface area (Å²) in [6, 6.07) is 10.4. The topological polar surface area (TPSA) is 98.4 Å². The van der Waals surface area contributed by atoms with Crippen molar-refractivity contribution in [3.63, 3.8) is 0 Å². The third-order valence-corrected chi connectivity index (χ3v) is 5.02. The number of fused-ring (bicyclic) bond motifs is 1. The van der Waals surface area contributed by atoms with Crippen LogP contribution < -0.4 is 16.4 Å². The average molecular weight is 444 g/mol. The van der Waals surface area contributed by atoms with E-state index in [2.05, 4.69) is 5.16 Å². The zero-order chi connectivity index (χ0) is 23.2. The van der Waals surface area contributed by atoms with Crippen molar-refractivity contribution in [1.29, 1.82) is 0 Å². The third-order valence-electron chi connectivity index (χ3n) is 5.02. The Morgan fingerprint density at radius 1 is 1.06 bits per heavy atom. The fourth-order valence-electron chi connectivity index (χ4n) is 3.48. The van der Waals surface area contributed by atoms with E-state index in [1.807, 2.05) is 19.1 Å². The number of nitrogen functional groups attached to an aromatic ring is 1. The quantitative estimate of drug-likeness (QED) is 0.393. The number of hydrogen-bond donors (Lipinski definition) is 2. The number of carbonyl (C=O) groups excluding carboxylic acids is 1. The van der Waals surface area contributed by atoms with Crippen LogP contribution in [0.5, 0.6) is 0 Å². The predicted molar refractivity (Wildman–Crippen MR) is 112 cm³/mol. The number of nitrogens with zero attached hydrogens (tertiary/aromatic N) is 2. The Morgan fingerprint density at radius 2 is 1.75 bits per heavy atom. The molecule has 4 rings (SSSR count). The lowest BCUT2D eigenvalue weighted by molar-refractivity contribution is -0.137. The Hall–Kier alpha value is -4.08. The normalized spacial score (nSPS) is 11.7. The van der Waals surface area contributed by atoms with Crippen molar-refractivity contribution in [3.05, 3.63) is 71.5 Å². The second kappa shape index (κ2) is 7.56. The highest BCUT2D eigenvalue weighted by Crippen LogP contribution is 2.38. The fraction of sp³-hybridized carbons (Fsp3) is 0.0909. The van der Waals surface area contributed by atoms with Gasteiger partial charge >= 0.3 is 12.2 Å². The molecule has 1 aromatic heterocycles. The van der Waals surface area contributed by atoms with E-state index in [4.69, 9.17) is 16.0 Å². The number of benzene rings is 3. The van der Waals surface area contributed by atoms with Crippen LogP contribution in [0.25, 0.3) is 22.1 Å². The van der Waals surface area contributed by atoms with Gasteiger partial charge in [-0.05, 0) is 53.9 Å². The molecule has 4 N–H and O–H groups in total. The molecule has 2 amide bonds. The second-order valence-electron chi connectivity index (χ2n) is 7.09. The van der Waals surface area contributed by atoms with Crippen molar-refractivity contribution in [1.82, 2.24) is 5.16 Å². The summed E-state index contributed by atoms with van der Waals surface area (Å²) in [6.07, 6.45) is -4.72. The summed E-state index contributed by atoms with van der Waals surface area (Å²) < 4.78 is 58.9. The van der Waals surface area contributed by atoms with E-state index in [-0.39, 0.29) is 11.5 Å². The maximum atomic E-state index is 14.4. The Morgan fingerprint density at radius 3 is 2.38 bits per heavy atom. The number of carbonyl (C=O) groups is 1. The first-order valence-electron chi connectivity index (χ1n) is 9.29. The lowest BCUT2D eigenvalue weighted by Crippen LogP contribution is -2.32. The van der Waals surface area contributed by atoms with Crippen LogP contribution in [0, 0.1) is 12.7 Å². The molecule has 0 fully saturated rings. The number of anilines is 3. The third kappa shape index (κ3) is 3.59. The molecule has 0 atom stereocenters. The molecule has 0 aliphatic carbocycles. The van der Waals surface area contributed by atoms with E-state index in [0.717, 1.165) is 5.56 Å². The van der Waals surface area contributed by atoms with E-state index in [1.165, 1.54) is 12.1 Å². The predicted octanol–water partition coefficient (Wildman–Crippen LogP) is 5.76. The van der Waals surface area contributed by atoms with E-state index in [1.54, 1.807) is 12.1 Å². The molecule has 0 spiro atoms. The molecule has 1 heterocycles. The van der Waals surface area contributed by atoms with Crippen LogP contribution in [0.4, 0.5) is 39.5 Å². The summed E-state index contributed by atoms with van der Waals surface area (Å²) >= 11 is 0. The first-order valence-corrected chi connectivity index (χ1v) is 9.29. The molecule has 0 bridgehead atoms. The summed E-state index contributed by atoms with van der Waals surface area (Å²) in [4.78, 5) is 12.7. The lowest BCUT2D eigenvalue weighted by atomic mass is 9.99. The van der Waals surface area contributed by atoms with Crippen molar-refractivity contribution in [2.75, 3.05) is 10.6 Å². The van der Waals surface area contributed by atoms with Crippen molar-refractivity contribution in [2.45, 2.75) is 13.1 Å². The largest absolute Gasteiger partial charge is 0.416 e. The minimum atomic E-state index is -4.72. The molecular formula is C22H16F4N4O2. The number of aromatic nitrogens is 1. The van der Waals surface area contributed by atoms with Crippen LogP contribution in [0.15, 0.2) is 59.1 Å². The van der Waals surface area contributed by atoms with Gasteiger partial charge in [0.15, 0.2) is 11.4 Å². The number of nitrogens with two attached hydrogens (primary N) is 2. The first kappa shape index (κ1) is 21.2.